The van der Waals surface area contributed by atoms with E-state index in [0.717, 1.165) is 4.31 Å². The molecular formula is C12H9BrCl2N2O2S. The zero-order valence-corrected chi connectivity index (χ0v) is 14.1. The van der Waals surface area contributed by atoms with Crippen LogP contribution < -0.4 is 4.31 Å². The lowest BCUT2D eigenvalue weighted by molar-refractivity contribution is 0.594. The zero-order chi connectivity index (χ0) is 14.9. The van der Waals surface area contributed by atoms with E-state index in [2.05, 4.69) is 20.9 Å². The Hall–Kier alpha value is -0.820. The first kappa shape index (κ1) is 15.6. The predicted molar refractivity (Wildman–Crippen MR) is 84.0 cm³/mol. The standard InChI is InChI=1S/C12H9BrCl2N2O2S/c1-17(11-4-2-3-5-16-11)20(18,19)12-9(14)6-8(13)7-10(12)15/h2-7H,1H3. The molecule has 20 heavy (non-hydrogen) atoms. The number of nitrogens with zero attached hydrogens (tertiary/aromatic N) is 2. The van der Waals surface area contributed by atoms with Crippen LogP contribution in [0.15, 0.2) is 45.9 Å². The summed E-state index contributed by atoms with van der Waals surface area (Å²) in [6.45, 7) is 0. The van der Waals surface area contributed by atoms with Crippen LogP contribution in [0, 0.1) is 0 Å². The second-order valence-electron chi connectivity index (χ2n) is 3.86. The Morgan fingerprint density at radius 2 is 1.80 bits per heavy atom. The van der Waals surface area contributed by atoms with Crippen LogP contribution in [0.2, 0.25) is 10.0 Å². The maximum atomic E-state index is 12.6. The van der Waals surface area contributed by atoms with Gasteiger partial charge >= 0.3 is 0 Å². The number of aromatic nitrogens is 1. The minimum atomic E-state index is -3.88. The SMILES string of the molecule is CN(c1ccccn1)S(=O)(=O)c1c(Cl)cc(Br)cc1Cl. The fourth-order valence-corrected chi connectivity index (χ4v) is 4.61. The molecule has 1 heterocycles. The van der Waals surface area contributed by atoms with Crippen molar-refractivity contribution in [3.05, 3.63) is 51.0 Å². The largest absolute Gasteiger partial charge is 0.268 e. The third kappa shape index (κ3) is 2.93. The Kier molecular flexibility index (Phi) is 4.59. The number of benzene rings is 1. The molecule has 0 radical (unpaired) electrons. The Morgan fingerprint density at radius 1 is 1.20 bits per heavy atom. The minimum absolute atomic E-state index is 0.0483. The highest BCUT2D eigenvalue weighted by Gasteiger charge is 2.27. The van der Waals surface area contributed by atoms with Gasteiger partial charge in [-0.15, -0.1) is 0 Å². The van der Waals surface area contributed by atoms with Crippen molar-refractivity contribution in [3.63, 3.8) is 0 Å². The summed E-state index contributed by atoms with van der Waals surface area (Å²) >= 11 is 15.2. The smallest absolute Gasteiger partial charge is 0.253 e. The molecule has 0 N–H and O–H groups in total. The van der Waals surface area contributed by atoms with Crippen molar-refractivity contribution in [1.29, 1.82) is 0 Å². The van der Waals surface area contributed by atoms with Gasteiger partial charge < -0.3 is 0 Å². The molecule has 2 rings (SSSR count). The highest BCUT2D eigenvalue weighted by Crippen LogP contribution is 2.35. The molecule has 0 aliphatic rings. The zero-order valence-electron chi connectivity index (χ0n) is 10.2. The van der Waals surface area contributed by atoms with Gasteiger partial charge in [-0.1, -0.05) is 45.2 Å². The van der Waals surface area contributed by atoms with Crippen molar-refractivity contribution in [2.24, 2.45) is 0 Å². The second-order valence-corrected chi connectivity index (χ2v) is 7.50. The van der Waals surface area contributed by atoms with Crippen LogP contribution in [0.3, 0.4) is 0 Å². The molecule has 0 aliphatic heterocycles. The first-order valence-electron chi connectivity index (χ1n) is 5.38. The van der Waals surface area contributed by atoms with Gasteiger partial charge in [0.25, 0.3) is 10.0 Å². The molecule has 0 atom stereocenters. The Balaban J connectivity index is 2.57. The molecule has 106 valence electrons. The van der Waals surface area contributed by atoms with Gasteiger partial charge in [0.15, 0.2) is 0 Å². The molecule has 0 amide bonds. The Morgan fingerprint density at radius 3 is 2.30 bits per heavy atom. The number of sulfonamides is 1. The monoisotopic (exact) mass is 394 g/mol. The number of hydrogen-bond donors (Lipinski definition) is 0. The molecular weight excluding hydrogens is 387 g/mol. The average molecular weight is 396 g/mol. The highest BCUT2D eigenvalue weighted by atomic mass is 79.9. The number of anilines is 1. The molecule has 0 aliphatic carbocycles. The summed E-state index contributed by atoms with van der Waals surface area (Å²) in [7, 11) is -2.49. The van der Waals surface area contributed by atoms with Crippen molar-refractivity contribution < 1.29 is 8.42 Å². The molecule has 0 unspecified atom stereocenters. The van der Waals surface area contributed by atoms with Crippen LogP contribution in [-0.2, 0) is 10.0 Å². The summed E-state index contributed by atoms with van der Waals surface area (Å²) in [5, 5.41) is 0.0966. The van der Waals surface area contributed by atoms with E-state index in [1.165, 1.54) is 25.4 Å². The highest BCUT2D eigenvalue weighted by molar-refractivity contribution is 9.10. The molecule has 0 spiro atoms. The van der Waals surface area contributed by atoms with Gasteiger partial charge in [0.1, 0.15) is 10.7 Å². The molecule has 8 heteroatoms. The van der Waals surface area contributed by atoms with Crippen LogP contribution in [-0.4, -0.2) is 20.4 Å². The van der Waals surface area contributed by atoms with E-state index in [1.54, 1.807) is 18.2 Å². The van der Waals surface area contributed by atoms with Gasteiger partial charge in [0, 0.05) is 17.7 Å². The molecule has 0 fully saturated rings. The van der Waals surface area contributed by atoms with Gasteiger partial charge in [-0.2, -0.15) is 0 Å². The maximum Gasteiger partial charge on any atom is 0.268 e. The van der Waals surface area contributed by atoms with Crippen LogP contribution >= 0.6 is 39.1 Å². The first-order chi connectivity index (χ1) is 9.34. The molecule has 1 aromatic heterocycles. The van der Waals surface area contributed by atoms with E-state index >= 15 is 0 Å². The molecule has 1 aromatic carbocycles. The van der Waals surface area contributed by atoms with Crippen LogP contribution in [0.4, 0.5) is 5.82 Å². The van der Waals surface area contributed by atoms with Crippen LogP contribution in [0.25, 0.3) is 0 Å². The third-order valence-electron chi connectivity index (χ3n) is 2.55. The lowest BCUT2D eigenvalue weighted by Gasteiger charge is -2.19. The summed E-state index contributed by atoms with van der Waals surface area (Å²) in [5.41, 5.74) is 0. The van der Waals surface area contributed by atoms with Gasteiger partial charge in [-0.05, 0) is 24.3 Å². The average Bonchev–Trinajstić information content (AvgIpc) is 2.37. The van der Waals surface area contributed by atoms with E-state index in [0.29, 0.717) is 4.47 Å². The van der Waals surface area contributed by atoms with Crippen LogP contribution in [0.1, 0.15) is 0 Å². The molecule has 2 aromatic rings. The fourth-order valence-electron chi connectivity index (χ4n) is 1.58. The van der Waals surface area contributed by atoms with Crippen molar-refractivity contribution in [1.82, 2.24) is 4.98 Å². The summed E-state index contributed by atoms with van der Waals surface area (Å²) in [6, 6.07) is 7.93. The maximum absolute atomic E-state index is 12.6. The van der Waals surface area contributed by atoms with E-state index < -0.39 is 10.0 Å². The van der Waals surface area contributed by atoms with Crippen molar-refractivity contribution in [3.8, 4) is 0 Å². The molecule has 0 saturated heterocycles. The van der Waals surface area contributed by atoms with Crippen molar-refractivity contribution in [2.45, 2.75) is 4.90 Å². The number of halogens is 3. The van der Waals surface area contributed by atoms with Gasteiger partial charge in [-0.25, -0.2) is 13.4 Å². The fraction of sp³-hybridized carbons (Fsp3) is 0.0833. The predicted octanol–water partition coefficient (Wildman–Crippen LogP) is 3.98. The van der Waals surface area contributed by atoms with Crippen molar-refractivity contribution in [2.75, 3.05) is 11.4 Å². The molecule has 0 bridgehead atoms. The number of pyridine rings is 1. The first-order valence-corrected chi connectivity index (χ1v) is 8.37. The van der Waals surface area contributed by atoms with E-state index in [4.69, 9.17) is 23.2 Å². The van der Waals surface area contributed by atoms with Crippen LogP contribution in [0.5, 0.6) is 0 Å². The lowest BCUT2D eigenvalue weighted by Crippen LogP contribution is -2.27. The number of hydrogen-bond acceptors (Lipinski definition) is 3. The quantitative estimate of drug-likeness (QED) is 0.789. The van der Waals surface area contributed by atoms with E-state index in [-0.39, 0.29) is 20.8 Å². The van der Waals surface area contributed by atoms with Gasteiger partial charge in [-0.3, -0.25) is 4.31 Å². The number of rotatable bonds is 3. The topological polar surface area (TPSA) is 50.3 Å². The Labute approximate surface area is 135 Å². The van der Waals surface area contributed by atoms with E-state index in [1.807, 2.05) is 0 Å². The van der Waals surface area contributed by atoms with Gasteiger partial charge in [0.2, 0.25) is 0 Å². The van der Waals surface area contributed by atoms with Gasteiger partial charge in [0.05, 0.1) is 10.0 Å². The lowest BCUT2D eigenvalue weighted by atomic mass is 10.4. The molecule has 4 nitrogen and oxygen atoms in total. The Bertz CT molecular complexity index is 715. The normalized spacial score (nSPS) is 11.4. The summed E-state index contributed by atoms with van der Waals surface area (Å²) in [5.74, 6) is 0.280. The van der Waals surface area contributed by atoms with E-state index in [9.17, 15) is 8.42 Å². The summed E-state index contributed by atoms with van der Waals surface area (Å²) in [6.07, 6.45) is 1.51. The third-order valence-corrected chi connectivity index (χ3v) is 5.70. The second kappa shape index (κ2) is 5.89. The minimum Gasteiger partial charge on any atom is -0.253 e. The summed E-state index contributed by atoms with van der Waals surface area (Å²) < 4.78 is 26.8. The van der Waals surface area contributed by atoms with Crippen molar-refractivity contribution >= 4 is 55.0 Å². The summed E-state index contributed by atoms with van der Waals surface area (Å²) in [4.78, 5) is 3.86. The molecule has 0 saturated carbocycles.